The maximum absolute atomic E-state index is 13.3. The highest BCUT2D eigenvalue weighted by molar-refractivity contribution is 7.99. The van der Waals surface area contributed by atoms with Crippen LogP contribution in [0, 0.1) is 0 Å². The zero-order valence-corrected chi connectivity index (χ0v) is 17.1. The van der Waals surface area contributed by atoms with Gasteiger partial charge in [-0.05, 0) is 18.4 Å². The number of thioether (sulfide) groups is 1. The van der Waals surface area contributed by atoms with Crippen molar-refractivity contribution in [2.75, 3.05) is 18.8 Å². The van der Waals surface area contributed by atoms with Crippen LogP contribution in [-0.4, -0.2) is 39.2 Å². The Morgan fingerprint density at radius 3 is 2.71 bits per heavy atom. The van der Waals surface area contributed by atoms with Crippen LogP contribution >= 0.6 is 23.1 Å². The van der Waals surface area contributed by atoms with Gasteiger partial charge in [0, 0.05) is 30.6 Å². The Hall–Kier alpha value is -2.38. The number of rotatable bonds is 6. The number of aromatic nitrogens is 2. The number of fused-ring (bicyclic) bond motifs is 1. The Bertz CT molecular complexity index is 1070. The van der Waals surface area contributed by atoms with E-state index in [-0.39, 0.29) is 11.5 Å². The van der Waals surface area contributed by atoms with E-state index in [0.29, 0.717) is 27.7 Å². The van der Waals surface area contributed by atoms with Gasteiger partial charge < -0.3 is 4.90 Å². The number of carbonyl (C=O) groups is 1. The fourth-order valence-corrected chi connectivity index (χ4v) is 5.32. The molecule has 0 unspecified atom stereocenters. The van der Waals surface area contributed by atoms with Gasteiger partial charge in [-0.15, -0.1) is 17.9 Å². The lowest BCUT2D eigenvalue weighted by molar-refractivity contribution is -0.127. The molecule has 1 amide bonds. The molecule has 5 nitrogen and oxygen atoms in total. The van der Waals surface area contributed by atoms with Crippen LogP contribution < -0.4 is 5.56 Å². The van der Waals surface area contributed by atoms with E-state index >= 15 is 0 Å². The van der Waals surface area contributed by atoms with Crippen LogP contribution in [0.3, 0.4) is 0 Å². The molecule has 1 aliphatic heterocycles. The van der Waals surface area contributed by atoms with Gasteiger partial charge in [-0.1, -0.05) is 48.2 Å². The van der Waals surface area contributed by atoms with Crippen molar-refractivity contribution in [3.63, 3.8) is 0 Å². The molecular formula is C21H21N3O2S2. The van der Waals surface area contributed by atoms with E-state index in [1.165, 1.54) is 23.1 Å². The summed E-state index contributed by atoms with van der Waals surface area (Å²) in [5.74, 6) is 0.407. The van der Waals surface area contributed by atoms with Crippen molar-refractivity contribution in [3.05, 3.63) is 58.7 Å². The molecule has 4 rings (SSSR count). The molecule has 28 heavy (non-hydrogen) atoms. The number of carbonyl (C=O) groups excluding carboxylic acids is 1. The molecule has 0 saturated carbocycles. The molecule has 0 atom stereocenters. The van der Waals surface area contributed by atoms with Gasteiger partial charge in [0.2, 0.25) is 5.91 Å². The van der Waals surface area contributed by atoms with Crippen LogP contribution in [0.1, 0.15) is 12.8 Å². The summed E-state index contributed by atoms with van der Waals surface area (Å²) < 4.78 is 1.62. The topological polar surface area (TPSA) is 55.2 Å². The second-order valence-corrected chi connectivity index (χ2v) is 8.47. The van der Waals surface area contributed by atoms with Crippen LogP contribution in [0.2, 0.25) is 0 Å². The summed E-state index contributed by atoms with van der Waals surface area (Å²) in [4.78, 5) is 33.0. The molecule has 2 aromatic heterocycles. The fraction of sp³-hybridized carbons (Fsp3) is 0.286. The average molecular weight is 412 g/mol. The maximum atomic E-state index is 13.3. The average Bonchev–Trinajstić information content (AvgIpc) is 3.39. The van der Waals surface area contributed by atoms with E-state index in [4.69, 9.17) is 4.98 Å². The molecule has 0 spiro atoms. The van der Waals surface area contributed by atoms with E-state index in [0.717, 1.165) is 37.1 Å². The lowest BCUT2D eigenvalue weighted by atomic mass is 10.1. The Morgan fingerprint density at radius 1 is 1.25 bits per heavy atom. The van der Waals surface area contributed by atoms with E-state index in [1.807, 2.05) is 40.6 Å². The molecular weight excluding hydrogens is 390 g/mol. The highest BCUT2D eigenvalue weighted by Gasteiger charge is 2.21. The number of allylic oxidation sites excluding steroid dienone is 1. The largest absolute Gasteiger partial charge is 0.342 e. The molecule has 0 bridgehead atoms. The molecule has 3 aromatic rings. The van der Waals surface area contributed by atoms with Gasteiger partial charge >= 0.3 is 0 Å². The second-order valence-electron chi connectivity index (χ2n) is 6.67. The highest BCUT2D eigenvalue weighted by atomic mass is 32.2. The van der Waals surface area contributed by atoms with Crippen LogP contribution in [0.4, 0.5) is 0 Å². The Labute approximate surface area is 171 Å². The van der Waals surface area contributed by atoms with Gasteiger partial charge in [-0.25, -0.2) is 4.98 Å². The zero-order valence-electron chi connectivity index (χ0n) is 15.5. The summed E-state index contributed by atoms with van der Waals surface area (Å²) in [5, 5.41) is 3.19. The smallest absolute Gasteiger partial charge is 0.263 e. The molecule has 1 aromatic carbocycles. The molecule has 0 N–H and O–H groups in total. The first-order valence-electron chi connectivity index (χ1n) is 9.28. The van der Waals surface area contributed by atoms with Gasteiger partial charge in [0.1, 0.15) is 4.83 Å². The maximum Gasteiger partial charge on any atom is 0.263 e. The predicted molar refractivity (Wildman–Crippen MR) is 116 cm³/mol. The van der Waals surface area contributed by atoms with Crippen molar-refractivity contribution in [2.45, 2.75) is 24.5 Å². The summed E-state index contributed by atoms with van der Waals surface area (Å²) in [5.41, 5.74) is 1.82. The second kappa shape index (κ2) is 8.32. The van der Waals surface area contributed by atoms with Gasteiger partial charge in [-0.3, -0.25) is 14.2 Å². The monoisotopic (exact) mass is 411 g/mol. The molecule has 0 aliphatic carbocycles. The van der Waals surface area contributed by atoms with Crippen molar-refractivity contribution in [1.82, 2.24) is 14.5 Å². The quantitative estimate of drug-likeness (QED) is 0.349. The van der Waals surface area contributed by atoms with E-state index in [9.17, 15) is 9.59 Å². The Balaban J connectivity index is 1.71. The minimum Gasteiger partial charge on any atom is -0.342 e. The molecule has 1 fully saturated rings. The number of likely N-dealkylation sites (tertiary alicyclic amines) is 1. The summed E-state index contributed by atoms with van der Waals surface area (Å²) in [7, 11) is 0. The minimum absolute atomic E-state index is 0.0823. The standard InChI is InChI=1S/C21H21N3O2S2/c1-2-10-24-20(26)18-16(15-8-4-3-5-9-15)13-27-19(18)22-21(24)28-14-17(25)23-11-6-7-12-23/h2-5,8-9,13H,1,6-7,10-12,14H2. The SMILES string of the molecule is C=CCn1c(SCC(=O)N2CCCC2)nc2scc(-c3ccccc3)c2c1=O. The van der Waals surface area contributed by atoms with Crippen LogP contribution in [-0.2, 0) is 11.3 Å². The number of amides is 1. The van der Waals surface area contributed by atoms with Crippen molar-refractivity contribution in [2.24, 2.45) is 0 Å². The van der Waals surface area contributed by atoms with Crippen LogP contribution in [0.15, 0.2) is 58.3 Å². The Kier molecular flexibility index (Phi) is 5.64. The highest BCUT2D eigenvalue weighted by Crippen LogP contribution is 2.32. The summed E-state index contributed by atoms with van der Waals surface area (Å²) in [6.45, 7) is 5.80. The van der Waals surface area contributed by atoms with Gasteiger partial charge in [0.15, 0.2) is 5.16 Å². The first-order valence-corrected chi connectivity index (χ1v) is 11.1. The zero-order chi connectivity index (χ0) is 19.5. The van der Waals surface area contributed by atoms with Crippen LogP contribution in [0.25, 0.3) is 21.3 Å². The van der Waals surface area contributed by atoms with E-state index in [2.05, 4.69) is 6.58 Å². The molecule has 3 heterocycles. The minimum atomic E-state index is -0.0823. The molecule has 1 saturated heterocycles. The first kappa shape index (κ1) is 19.0. The number of hydrogen-bond acceptors (Lipinski definition) is 5. The van der Waals surface area contributed by atoms with Crippen molar-refractivity contribution in [3.8, 4) is 11.1 Å². The third-order valence-electron chi connectivity index (χ3n) is 4.84. The summed E-state index contributed by atoms with van der Waals surface area (Å²) in [6.07, 6.45) is 3.83. The molecule has 0 radical (unpaired) electrons. The molecule has 7 heteroatoms. The van der Waals surface area contributed by atoms with Gasteiger partial charge in [0.05, 0.1) is 11.1 Å². The molecule has 144 valence electrons. The van der Waals surface area contributed by atoms with Crippen molar-refractivity contribution in [1.29, 1.82) is 0 Å². The van der Waals surface area contributed by atoms with E-state index in [1.54, 1.807) is 10.6 Å². The summed E-state index contributed by atoms with van der Waals surface area (Å²) in [6, 6.07) is 9.87. The number of nitrogens with zero attached hydrogens (tertiary/aromatic N) is 3. The van der Waals surface area contributed by atoms with Gasteiger partial charge in [-0.2, -0.15) is 0 Å². The van der Waals surface area contributed by atoms with Crippen LogP contribution in [0.5, 0.6) is 0 Å². The number of hydrogen-bond donors (Lipinski definition) is 0. The lowest BCUT2D eigenvalue weighted by Crippen LogP contribution is -2.30. The first-order chi connectivity index (χ1) is 13.7. The third-order valence-corrected chi connectivity index (χ3v) is 6.67. The van der Waals surface area contributed by atoms with Gasteiger partial charge in [0.25, 0.3) is 5.56 Å². The van der Waals surface area contributed by atoms with E-state index < -0.39 is 0 Å². The fourth-order valence-electron chi connectivity index (χ4n) is 3.42. The lowest BCUT2D eigenvalue weighted by Gasteiger charge is -2.15. The normalized spacial score (nSPS) is 13.9. The Morgan fingerprint density at radius 2 is 2.00 bits per heavy atom. The predicted octanol–water partition coefficient (Wildman–Crippen LogP) is 4.03. The number of thiophene rings is 1. The van der Waals surface area contributed by atoms with Crippen molar-refractivity contribution >= 4 is 39.2 Å². The number of benzene rings is 1. The van der Waals surface area contributed by atoms with Crippen molar-refractivity contribution < 1.29 is 4.79 Å². The third kappa shape index (κ3) is 3.64. The molecule has 1 aliphatic rings. The summed E-state index contributed by atoms with van der Waals surface area (Å²) >= 11 is 2.80.